The Morgan fingerprint density at radius 1 is 1.10 bits per heavy atom. The first kappa shape index (κ1) is 21.1. The van der Waals surface area contributed by atoms with Crippen molar-refractivity contribution in [3.05, 3.63) is 79.6 Å². The van der Waals surface area contributed by atoms with Gasteiger partial charge in [-0.3, -0.25) is 14.5 Å². The van der Waals surface area contributed by atoms with Crippen molar-refractivity contribution in [1.29, 1.82) is 0 Å². The molecule has 7 heteroatoms. The molecule has 0 spiro atoms. The molecule has 1 atom stereocenters. The van der Waals surface area contributed by atoms with Gasteiger partial charge in [-0.05, 0) is 61.8 Å². The third-order valence-corrected chi connectivity index (χ3v) is 6.20. The Balaban J connectivity index is 1.55. The van der Waals surface area contributed by atoms with E-state index in [1.807, 2.05) is 24.3 Å². The van der Waals surface area contributed by atoms with E-state index in [1.54, 1.807) is 18.2 Å². The SMILES string of the molecule is O=C(NC[C@H](c1ccc(Cl)cc1)N1CCCCC1)c1cc(=O)c2cc(Br)ccc2o1. The maximum Gasteiger partial charge on any atom is 0.287 e. The van der Waals surface area contributed by atoms with Crippen molar-refractivity contribution in [1.82, 2.24) is 10.2 Å². The number of hydrogen-bond acceptors (Lipinski definition) is 4. The number of rotatable bonds is 5. The van der Waals surface area contributed by atoms with Gasteiger partial charge in [0.25, 0.3) is 5.91 Å². The second-order valence-electron chi connectivity index (χ2n) is 7.49. The summed E-state index contributed by atoms with van der Waals surface area (Å²) in [4.78, 5) is 27.6. The fourth-order valence-electron chi connectivity index (χ4n) is 3.89. The van der Waals surface area contributed by atoms with Crippen LogP contribution in [0.25, 0.3) is 11.0 Å². The monoisotopic (exact) mass is 488 g/mol. The number of carbonyl (C=O) groups excluding carboxylic acids is 1. The quantitative estimate of drug-likeness (QED) is 0.537. The van der Waals surface area contributed by atoms with Crippen LogP contribution in [0.15, 0.2) is 62.2 Å². The predicted octanol–water partition coefficient (Wildman–Crippen LogP) is 5.17. The van der Waals surface area contributed by atoms with Gasteiger partial charge in [-0.25, -0.2) is 0 Å². The molecule has 1 aliphatic rings. The minimum Gasteiger partial charge on any atom is -0.451 e. The zero-order valence-corrected chi connectivity index (χ0v) is 18.7. The number of benzene rings is 2. The molecule has 1 saturated heterocycles. The molecule has 1 N–H and O–H groups in total. The summed E-state index contributed by atoms with van der Waals surface area (Å²) < 4.78 is 6.48. The van der Waals surface area contributed by atoms with Gasteiger partial charge in [0.2, 0.25) is 0 Å². The highest BCUT2D eigenvalue weighted by Crippen LogP contribution is 2.25. The lowest BCUT2D eigenvalue weighted by atomic mass is 10.0. The summed E-state index contributed by atoms with van der Waals surface area (Å²) in [5, 5.41) is 4.08. The van der Waals surface area contributed by atoms with Gasteiger partial charge >= 0.3 is 0 Å². The molecule has 30 heavy (non-hydrogen) atoms. The van der Waals surface area contributed by atoms with Crippen LogP contribution in [0.2, 0.25) is 5.02 Å². The standard InChI is InChI=1S/C23H22BrClN2O3/c24-16-6-9-21-18(12-16)20(28)13-22(30-21)23(29)26-14-19(27-10-2-1-3-11-27)15-4-7-17(25)8-5-15/h4-9,12-13,19H,1-3,10-11,14H2,(H,26,29)/t19-/m1/s1. The molecule has 0 radical (unpaired) electrons. The van der Waals surface area contributed by atoms with Gasteiger partial charge < -0.3 is 9.73 Å². The molecule has 1 amide bonds. The van der Waals surface area contributed by atoms with Crippen LogP contribution in [0.5, 0.6) is 0 Å². The first-order chi connectivity index (χ1) is 14.5. The van der Waals surface area contributed by atoms with Crippen LogP contribution >= 0.6 is 27.5 Å². The van der Waals surface area contributed by atoms with Gasteiger partial charge in [-0.2, -0.15) is 0 Å². The fourth-order valence-corrected chi connectivity index (χ4v) is 4.38. The molecule has 0 saturated carbocycles. The highest BCUT2D eigenvalue weighted by Gasteiger charge is 2.23. The van der Waals surface area contributed by atoms with E-state index < -0.39 is 5.91 Å². The molecular formula is C23H22BrClN2O3. The lowest BCUT2D eigenvalue weighted by molar-refractivity contribution is 0.0897. The van der Waals surface area contributed by atoms with Crippen LogP contribution < -0.4 is 10.7 Å². The van der Waals surface area contributed by atoms with Crippen molar-refractivity contribution in [2.75, 3.05) is 19.6 Å². The van der Waals surface area contributed by atoms with E-state index >= 15 is 0 Å². The zero-order chi connectivity index (χ0) is 21.1. The molecular weight excluding hydrogens is 468 g/mol. The zero-order valence-electron chi connectivity index (χ0n) is 16.4. The van der Waals surface area contributed by atoms with E-state index in [4.69, 9.17) is 16.0 Å². The van der Waals surface area contributed by atoms with Gasteiger partial charge in [-0.15, -0.1) is 0 Å². The van der Waals surface area contributed by atoms with Crippen molar-refractivity contribution in [2.24, 2.45) is 0 Å². The van der Waals surface area contributed by atoms with Crippen LogP contribution in [0.1, 0.15) is 41.4 Å². The lowest BCUT2D eigenvalue weighted by Gasteiger charge is -2.35. The summed E-state index contributed by atoms with van der Waals surface area (Å²) in [6.45, 7) is 2.40. The van der Waals surface area contributed by atoms with Gasteiger partial charge in [0, 0.05) is 22.1 Å². The van der Waals surface area contributed by atoms with Gasteiger partial charge in [0.1, 0.15) is 5.58 Å². The van der Waals surface area contributed by atoms with Gasteiger partial charge in [0.15, 0.2) is 11.2 Å². The summed E-state index contributed by atoms with van der Waals surface area (Å²) in [5.74, 6) is -0.379. The van der Waals surface area contributed by atoms with Crippen LogP contribution in [0, 0.1) is 0 Å². The third kappa shape index (κ3) is 4.77. The third-order valence-electron chi connectivity index (χ3n) is 5.46. The first-order valence-electron chi connectivity index (χ1n) is 10.0. The van der Waals surface area contributed by atoms with E-state index in [9.17, 15) is 9.59 Å². The number of hydrogen-bond donors (Lipinski definition) is 1. The van der Waals surface area contributed by atoms with Crippen LogP contribution in [0.4, 0.5) is 0 Å². The van der Waals surface area contributed by atoms with Crippen molar-refractivity contribution in [3.8, 4) is 0 Å². The van der Waals surface area contributed by atoms with Gasteiger partial charge in [-0.1, -0.05) is 46.1 Å². The number of likely N-dealkylation sites (tertiary alicyclic amines) is 1. The first-order valence-corrected chi connectivity index (χ1v) is 11.2. The number of fused-ring (bicyclic) bond motifs is 1. The molecule has 1 aromatic heterocycles. The highest BCUT2D eigenvalue weighted by molar-refractivity contribution is 9.10. The average molecular weight is 490 g/mol. The Labute approximate surface area is 188 Å². The number of halogens is 2. The number of carbonyl (C=O) groups is 1. The average Bonchev–Trinajstić information content (AvgIpc) is 2.76. The smallest absolute Gasteiger partial charge is 0.287 e. The van der Waals surface area contributed by atoms with E-state index in [1.165, 1.54) is 12.5 Å². The maximum absolute atomic E-state index is 12.8. The largest absolute Gasteiger partial charge is 0.451 e. The molecule has 2 heterocycles. The normalized spacial score (nSPS) is 15.8. The fraction of sp³-hybridized carbons (Fsp3) is 0.304. The molecule has 156 valence electrons. The number of nitrogens with zero attached hydrogens (tertiary/aromatic N) is 1. The predicted molar refractivity (Wildman–Crippen MR) is 122 cm³/mol. The van der Waals surface area contributed by atoms with Crippen LogP contribution in [-0.4, -0.2) is 30.4 Å². The molecule has 0 bridgehead atoms. The van der Waals surface area contributed by atoms with Crippen molar-refractivity contribution >= 4 is 44.4 Å². The molecule has 1 aliphatic heterocycles. The van der Waals surface area contributed by atoms with Crippen molar-refractivity contribution < 1.29 is 9.21 Å². The van der Waals surface area contributed by atoms with Crippen LogP contribution in [0.3, 0.4) is 0 Å². The maximum atomic E-state index is 12.8. The molecule has 0 aliphatic carbocycles. The number of nitrogens with one attached hydrogen (secondary N) is 1. The molecule has 1 fully saturated rings. The van der Waals surface area contributed by atoms with Crippen molar-refractivity contribution in [3.63, 3.8) is 0 Å². The molecule has 5 nitrogen and oxygen atoms in total. The topological polar surface area (TPSA) is 62.6 Å². The second kappa shape index (κ2) is 9.33. The summed E-state index contributed by atoms with van der Waals surface area (Å²) in [5.41, 5.74) is 1.25. The molecule has 2 aromatic carbocycles. The second-order valence-corrected chi connectivity index (χ2v) is 8.84. The Kier molecular flexibility index (Phi) is 6.56. The Bertz CT molecular complexity index is 1110. The number of amides is 1. The summed E-state index contributed by atoms with van der Waals surface area (Å²) in [6, 6.07) is 14.2. The summed E-state index contributed by atoms with van der Waals surface area (Å²) >= 11 is 9.40. The van der Waals surface area contributed by atoms with E-state index in [0.717, 1.165) is 36.0 Å². The minimum absolute atomic E-state index is 0.0170. The molecule has 4 rings (SSSR count). The summed E-state index contributed by atoms with van der Waals surface area (Å²) in [6.07, 6.45) is 3.52. The Hall–Kier alpha value is -2.15. The Morgan fingerprint density at radius 2 is 1.83 bits per heavy atom. The Morgan fingerprint density at radius 3 is 2.57 bits per heavy atom. The number of piperidine rings is 1. The van der Waals surface area contributed by atoms with Gasteiger partial charge in [0.05, 0.1) is 11.4 Å². The molecule has 3 aromatic rings. The molecule has 0 unspecified atom stereocenters. The van der Waals surface area contributed by atoms with E-state index in [-0.39, 0.29) is 17.2 Å². The van der Waals surface area contributed by atoms with Crippen LogP contribution in [-0.2, 0) is 0 Å². The highest BCUT2D eigenvalue weighted by atomic mass is 79.9. The van der Waals surface area contributed by atoms with Crippen molar-refractivity contribution in [2.45, 2.75) is 25.3 Å². The van der Waals surface area contributed by atoms with E-state index in [2.05, 4.69) is 26.1 Å². The summed E-state index contributed by atoms with van der Waals surface area (Å²) in [7, 11) is 0. The van der Waals surface area contributed by atoms with E-state index in [0.29, 0.717) is 22.5 Å². The minimum atomic E-state index is -0.395. The lowest BCUT2D eigenvalue weighted by Crippen LogP contribution is -2.40.